The summed E-state index contributed by atoms with van der Waals surface area (Å²) in [6.07, 6.45) is 3.76. The van der Waals surface area contributed by atoms with Crippen molar-refractivity contribution in [3.8, 4) is 5.75 Å². The van der Waals surface area contributed by atoms with Gasteiger partial charge in [0.2, 0.25) is 0 Å². The van der Waals surface area contributed by atoms with Gasteiger partial charge in [-0.3, -0.25) is 0 Å². The Bertz CT molecular complexity index is 435. The summed E-state index contributed by atoms with van der Waals surface area (Å²) in [4.78, 5) is 0.972. The molecule has 20 heavy (non-hydrogen) atoms. The Morgan fingerprint density at radius 3 is 3.00 bits per heavy atom. The molecule has 0 radical (unpaired) electrons. The van der Waals surface area contributed by atoms with Gasteiger partial charge in [-0.15, -0.1) is 11.3 Å². The fraction of sp³-hybridized carbons (Fsp3) is 0.733. The molecule has 0 bridgehead atoms. The number of aliphatic hydroxyl groups excluding tert-OH is 1. The zero-order chi connectivity index (χ0) is 14.0. The van der Waals surface area contributed by atoms with Crippen LogP contribution in [0, 0.1) is 5.92 Å². The average Bonchev–Trinajstić information content (AvgIpc) is 2.96. The summed E-state index contributed by atoms with van der Waals surface area (Å²) in [5.41, 5.74) is 0.0274. The molecule has 1 spiro atoms. The first kappa shape index (κ1) is 14.7. The molecule has 2 aliphatic heterocycles. The summed E-state index contributed by atoms with van der Waals surface area (Å²) in [6.45, 7) is 0.778. The van der Waals surface area contributed by atoms with Gasteiger partial charge in [0, 0.05) is 6.61 Å². The summed E-state index contributed by atoms with van der Waals surface area (Å²) in [5.74, 6) is 3.48. The van der Waals surface area contributed by atoms with Crippen molar-refractivity contribution < 1.29 is 14.6 Å². The van der Waals surface area contributed by atoms with Gasteiger partial charge >= 0.3 is 0 Å². The maximum atomic E-state index is 10.7. The van der Waals surface area contributed by atoms with Crippen LogP contribution in [0.5, 0.6) is 5.75 Å². The highest BCUT2D eigenvalue weighted by atomic mass is 32.2. The Kier molecular flexibility index (Phi) is 4.60. The minimum absolute atomic E-state index is 0.0274. The Morgan fingerprint density at radius 1 is 1.45 bits per heavy atom. The highest BCUT2D eigenvalue weighted by molar-refractivity contribution is 7.99. The third kappa shape index (κ3) is 2.86. The molecular formula is C15H22O3S2. The van der Waals surface area contributed by atoms with Crippen LogP contribution in [0.3, 0.4) is 0 Å². The lowest BCUT2D eigenvalue weighted by Crippen LogP contribution is -2.44. The number of aliphatic hydroxyl groups is 1. The van der Waals surface area contributed by atoms with Gasteiger partial charge in [0.1, 0.15) is 5.75 Å². The summed E-state index contributed by atoms with van der Waals surface area (Å²) < 4.78 is 11.5. The van der Waals surface area contributed by atoms with E-state index in [4.69, 9.17) is 9.47 Å². The van der Waals surface area contributed by atoms with Crippen LogP contribution in [0.25, 0.3) is 0 Å². The molecule has 2 atom stereocenters. The second-order valence-corrected chi connectivity index (χ2v) is 7.87. The summed E-state index contributed by atoms with van der Waals surface area (Å²) in [6, 6.07) is 1.94. The number of methoxy groups -OCH3 is 1. The van der Waals surface area contributed by atoms with Crippen LogP contribution in [-0.2, 0) is 4.74 Å². The van der Waals surface area contributed by atoms with Crippen molar-refractivity contribution >= 4 is 23.1 Å². The number of hydrogen-bond donors (Lipinski definition) is 1. The standard InChI is InChI=1S/C15H22O3S2/c1-17-12-3-7-20-14(12)13(16)11-2-6-18-15(10-11)4-8-19-9-5-15/h3,7,11,13,16H,2,4-6,8-10H2,1H3. The second-order valence-electron chi connectivity index (χ2n) is 5.69. The lowest BCUT2D eigenvalue weighted by Gasteiger charge is -2.44. The molecule has 3 nitrogen and oxygen atoms in total. The Morgan fingerprint density at radius 2 is 2.25 bits per heavy atom. The molecule has 2 saturated heterocycles. The SMILES string of the molecule is COc1ccsc1C(O)C1CCOC2(CCSCC2)C1. The van der Waals surface area contributed by atoms with Gasteiger partial charge < -0.3 is 14.6 Å². The summed E-state index contributed by atoms with van der Waals surface area (Å²) in [5, 5.41) is 12.7. The molecule has 5 heteroatoms. The first-order valence-electron chi connectivity index (χ1n) is 7.25. The fourth-order valence-corrected chi connectivity index (χ4v) is 5.51. The molecule has 2 unspecified atom stereocenters. The van der Waals surface area contributed by atoms with Gasteiger partial charge in [-0.25, -0.2) is 0 Å². The van der Waals surface area contributed by atoms with E-state index in [1.165, 1.54) is 11.5 Å². The van der Waals surface area contributed by atoms with Crippen molar-refractivity contribution in [3.63, 3.8) is 0 Å². The van der Waals surface area contributed by atoms with E-state index in [0.29, 0.717) is 5.92 Å². The third-order valence-corrected chi connectivity index (χ3v) is 6.48. The maximum Gasteiger partial charge on any atom is 0.135 e. The third-order valence-electron chi connectivity index (χ3n) is 4.53. The van der Waals surface area contributed by atoms with Gasteiger partial charge in [-0.2, -0.15) is 11.8 Å². The lowest BCUT2D eigenvalue weighted by molar-refractivity contribution is -0.121. The summed E-state index contributed by atoms with van der Waals surface area (Å²) in [7, 11) is 1.67. The lowest BCUT2D eigenvalue weighted by atomic mass is 9.79. The van der Waals surface area contributed by atoms with E-state index in [0.717, 1.165) is 42.9 Å². The van der Waals surface area contributed by atoms with Crippen LogP contribution < -0.4 is 4.74 Å². The quantitative estimate of drug-likeness (QED) is 0.927. The maximum absolute atomic E-state index is 10.7. The Balaban J connectivity index is 1.73. The van der Waals surface area contributed by atoms with Gasteiger partial charge in [-0.05, 0) is 54.6 Å². The van der Waals surface area contributed by atoms with Crippen molar-refractivity contribution in [1.29, 1.82) is 0 Å². The topological polar surface area (TPSA) is 38.7 Å². The van der Waals surface area contributed by atoms with E-state index >= 15 is 0 Å². The molecule has 0 aromatic carbocycles. The zero-order valence-electron chi connectivity index (χ0n) is 11.8. The van der Waals surface area contributed by atoms with Gasteiger partial charge in [0.25, 0.3) is 0 Å². The monoisotopic (exact) mass is 314 g/mol. The van der Waals surface area contributed by atoms with Crippen molar-refractivity contribution in [3.05, 3.63) is 16.3 Å². The summed E-state index contributed by atoms with van der Waals surface area (Å²) >= 11 is 3.61. The molecule has 1 N–H and O–H groups in total. The van der Waals surface area contributed by atoms with Gasteiger partial charge in [-0.1, -0.05) is 0 Å². The number of hydrogen-bond acceptors (Lipinski definition) is 5. The number of thiophene rings is 1. The van der Waals surface area contributed by atoms with Crippen molar-refractivity contribution in [1.82, 2.24) is 0 Å². The number of ether oxygens (including phenoxy) is 2. The van der Waals surface area contributed by atoms with Crippen LogP contribution in [0.4, 0.5) is 0 Å². The fourth-order valence-electron chi connectivity index (χ4n) is 3.33. The first-order chi connectivity index (χ1) is 9.74. The predicted molar refractivity (Wildman–Crippen MR) is 83.8 cm³/mol. The van der Waals surface area contributed by atoms with E-state index < -0.39 is 6.10 Å². The molecular weight excluding hydrogens is 292 g/mol. The molecule has 0 amide bonds. The Labute approximate surface area is 128 Å². The van der Waals surface area contributed by atoms with E-state index in [1.54, 1.807) is 18.4 Å². The predicted octanol–water partition coefficient (Wildman–Crippen LogP) is 3.48. The van der Waals surface area contributed by atoms with E-state index in [1.807, 2.05) is 23.2 Å². The van der Waals surface area contributed by atoms with Crippen molar-refractivity contribution in [2.24, 2.45) is 5.92 Å². The van der Waals surface area contributed by atoms with Crippen LogP contribution in [0.1, 0.15) is 36.7 Å². The van der Waals surface area contributed by atoms with Crippen LogP contribution in [0.2, 0.25) is 0 Å². The molecule has 1 aromatic rings. The molecule has 3 heterocycles. The molecule has 1 aromatic heterocycles. The average molecular weight is 314 g/mol. The van der Waals surface area contributed by atoms with Crippen LogP contribution >= 0.6 is 23.1 Å². The Hall–Kier alpha value is -0.230. The molecule has 2 aliphatic rings. The van der Waals surface area contributed by atoms with Crippen LogP contribution in [0.15, 0.2) is 11.4 Å². The zero-order valence-corrected chi connectivity index (χ0v) is 13.5. The molecule has 0 saturated carbocycles. The number of rotatable bonds is 3. The molecule has 0 aliphatic carbocycles. The normalized spacial score (nSPS) is 27.4. The minimum Gasteiger partial charge on any atom is -0.495 e. The number of thioether (sulfide) groups is 1. The molecule has 112 valence electrons. The van der Waals surface area contributed by atoms with Crippen molar-refractivity contribution in [2.75, 3.05) is 25.2 Å². The highest BCUT2D eigenvalue weighted by Gasteiger charge is 2.41. The van der Waals surface area contributed by atoms with E-state index in [-0.39, 0.29) is 5.60 Å². The van der Waals surface area contributed by atoms with Crippen LogP contribution in [-0.4, -0.2) is 35.9 Å². The van der Waals surface area contributed by atoms with E-state index in [9.17, 15) is 5.11 Å². The van der Waals surface area contributed by atoms with Gasteiger partial charge in [0.15, 0.2) is 0 Å². The van der Waals surface area contributed by atoms with E-state index in [2.05, 4.69) is 0 Å². The van der Waals surface area contributed by atoms with Gasteiger partial charge in [0.05, 0.1) is 23.7 Å². The van der Waals surface area contributed by atoms with Crippen molar-refractivity contribution in [2.45, 2.75) is 37.4 Å². The smallest absolute Gasteiger partial charge is 0.135 e. The second kappa shape index (κ2) is 6.26. The first-order valence-corrected chi connectivity index (χ1v) is 9.29. The highest BCUT2D eigenvalue weighted by Crippen LogP contribution is 2.45. The molecule has 3 rings (SSSR count). The largest absolute Gasteiger partial charge is 0.495 e. The minimum atomic E-state index is -0.416. The molecule has 2 fully saturated rings.